The molecule has 0 saturated carbocycles. The Morgan fingerprint density at radius 3 is 1.67 bits per heavy atom. The van der Waals surface area contributed by atoms with Crippen molar-refractivity contribution in [2.75, 3.05) is 0 Å². The van der Waals surface area contributed by atoms with Gasteiger partial charge in [0, 0.05) is 0 Å². The van der Waals surface area contributed by atoms with Crippen LogP contribution in [0.5, 0.6) is 0 Å². The molecular weight excluding hydrogens is 144 g/mol. The summed E-state index contributed by atoms with van der Waals surface area (Å²) in [7, 11) is 0. The van der Waals surface area contributed by atoms with E-state index in [1.54, 1.807) is 0 Å². The molecule has 0 aromatic heterocycles. The Balaban J connectivity index is 4.23. The van der Waals surface area contributed by atoms with Crippen LogP contribution in [0.4, 0.5) is 0 Å². The topological polar surface area (TPSA) is 0 Å². The quantitative estimate of drug-likeness (QED) is 0.509. The summed E-state index contributed by atoms with van der Waals surface area (Å²) < 4.78 is 0. The highest BCUT2D eigenvalue weighted by Gasteiger charge is 2.13. The molecule has 0 unspecified atom stereocenters. The van der Waals surface area contributed by atoms with E-state index in [1.165, 1.54) is 12.0 Å². The van der Waals surface area contributed by atoms with Gasteiger partial charge in [-0.25, -0.2) is 0 Å². The predicted molar refractivity (Wildman–Crippen MR) is 57.3 cm³/mol. The Morgan fingerprint density at radius 2 is 1.42 bits per heavy atom. The fraction of sp³-hybridized carbons (Fsp3) is 0.833. The molecule has 0 N–H and O–H groups in total. The van der Waals surface area contributed by atoms with Crippen LogP contribution in [-0.2, 0) is 0 Å². The van der Waals surface area contributed by atoms with Crippen molar-refractivity contribution in [3.05, 3.63) is 11.6 Å². The molecule has 0 radical (unpaired) electrons. The Bertz CT molecular complexity index is 159. The second-order valence-electron chi connectivity index (χ2n) is 6.09. The van der Waals surface area contributed by atoms with E-state index in [2.05, 4.69) is 54.5 Å². The average molecular weight is 168 g/mol. The Labute approximate surface area is 78.1 Å². The van der Waals surface area contributed by atoms with Gasteiger partial charge in [0.15, 0.2) is 0 Å². The molecule has 12 heavy (non-hydrogen) atoms. The van der Waals surface area contributed by atoms with E-state index in [1.807, 2.05) is 0 Å². The molecule has 72 valence electrons. The van der Waals surface area contributed by atoms with Crippen molar-refractivity contribution in [1.29, 1.82) is 0 Å². The molecule has 0 heteroatoms. The maximum atomic E-state index is 2.37. The van der Waals surface area contributed by atoms with Gasteiger partial charge in [-0.05, 0) is 24.2 Å². The van der Waals surface area contributed by atoms with E-state index in [4.69, 9.17) is 0 Å². The number of rotatable bonds is 1. The third-order valence-electron chi connectivity index (χ3n) is 1.49. The van der Waals surface area contributed by atoms with Gasteiger partial charge in [0.25, 0.3) is 0 Å². The molecular formula is C12H24. The summed E-state index contributed by atoms with van der Waals surface area (Å²) in [5.74, 6) is 0. The van der Waals surface area contributed by atoms with Crippen LogP contribution >= 0.6 is 0 Å². The van der Waals surface area contributed by atoms with Gasteiger partial charge in [-0.15, -0.1) is 0 Å². The lowest BCUT2D eigenvalue weighted by Crippen LogP contribution is -2.07. The van der Waals surface area contributed by atoms with E-state index in [-0.39, 0.29) is 0 Å². The zero-order valence-corrected chi connectivity index (χ0v) is 9.78. The highest BCUT2D eigenvalue weighted by molar-refractivity contribution is 5.05. The molecule has 0 aromatic rings. The molecule has 0 aliphatic rings. The first-order chi connectivity index (χ1) is 5.10. The zero-order chi connectivity index (χ0) is 9.99. The van der Waals surface area contributed by atoms with E-state index in [9.17, 15) is 0 Å². The van der Waals surface area contributed by atoms with Gasteiger partial charge in [-0.3, -0.25) is 0 Å². The van der Waals surface area contributed by atoms with Crippen LogP contribution in [0.25, 0.3) is 0 Å². The minimum absolute atomic E-state index is 0.329. The Hall–Kier alpha value is -0.260. The van der Waals surface area contributed by atoms with Crippen LogP contribution in [0.1, 0.15) is 54.9 Å². The van der Waals surface area contributed by atoms with Gasteiger partial charge >= 0.3 is 0 Å². The third kappa shape index (κ3) is 7.84. The lowest BCUT2D eigenvalue weighted by Gasteiger charge is -2.21. The minimum Gasteiger partial charge on any atom is -0.0802 e. The van der Waals surface area contributed by atoms with Gasteiger partial charge in [-0.2, -0.15) is 0 Å². The summed E-state index contributed by atoms with van der Waals surface area (Å²) in [6.45, 7) is 15.8. The monoisotopic (exact) mass is 168 g/mol. The van der Waals surface area contributed by atoms with Crippen molar-refractivity contribution in [1.82, 2.24) is 0 Å². The predicted octanol–water partition coefficient (Wildman–Crippen LogP) is 4.42. The van der Waals surface area contributed by atoms with E-state index in [0.717, 1.165) is 0 Å². The molecule has 0 heterocycles. The Morgan fingerprint density at radius 1 is 1.00 bits per heavy atom. The first-order valence-corrected chi connectivity index (χ1v) is 4.78. The van der Waals surface area contributed by atoms with Crippen molar-refractivity contribution in [2.45, 2.75) is 54.9 Å². The molecule has 0 spiro atoms. The lowest BCUT2D eigenvalue weighted by molar-refractivity contribution is 0.405. The summed E-state index contributed by atoms with van der Waals surface area (Å²) in [5.41, 5.74) is 2.26. The molecule has 0 atom stereocenters. The molecule has 0 aromatic carbocycles. The molecule has 0 aliphatic carbocycles. The van der Waals surface area contributed by atoms with Crippen LogP contribution in [0.15, 0.2) is 11.6 Å². The van der Waals surface area contributed by atoms with Gasteiger partial charge in [0.05, 0.1) is 0 Å². The van der Waals surface area contributed by atoms with Crippen LogP contribution in [0, 0.1) is 10.8 Å². The van der Waals surface area contributed by atoms with E-state index >= 15 is 0 Å². The van der Waals surface area contributed by atoms with Crippen LogP contribution < -0.4 is 0 Å². The normalized spacial score (nSPS) is 15.1. The summed E-state index contributed by atoms with van der Waals surface area (Å²) in [6.07, 6.45) is 3.57. The fourth-order valence-corrected chi connectivity index (χ4v) is 1.63. The highest BCUT2D eigenvalue weighted by Crippen LogP contribution is 2.27. The molecule has 0 bridgehead atoms. The first-order valence-electron chi connectivity index (χ1n) is 4.78. The third-order valence-corrected chi connectivity index (χ3v) is 1.49. The second kappa shape index (κ2) is 3.64. The standard InChI is InChI=1S/C12H24/c1-10(8-11(2,3)4)9-12(5,6)7/h8H,9H2,1-7H3/b10-8-. The fourth-order valence-electron chi connectivity index (χ4n) is 1.63. The Kier molecular flexibility index (Phi) is 3.56. The second-order valence-corrected chi connectivity index (χ2v) is 6.09. The van der Waals surface area contributed by atoms with Crippen LogP contribution in [0.2, 0.25) is 0 Å². The SMILES string of the molecule is C/C(=C/C(C)(C)C)CC(C)(C)C. The molecule has 0 aliphatic heterocycles. The number of allylic oxidation sites excluding steroid dienone is 2. The number of hydrogen-bond donors (Lipinski definition) is 0. The molecule has 0 amide bonds. The highest BCUT2D eigenvalue weighted by atomic mass is 14.2. The van der Waals surface area contributed by atoms with E-state index < -0.39 is 0 Å². The first kappa shape index (κ1) is 11.7. The van der Waals surface area contributed by atoms with Crippen molar-refractivity contribution in [3.8, 4) is 0 Å². The summed E-state index contributed by atoms with van der Waals surface area (Å²) in [6, 6.07) is 0. The largest absolute Gasteiger partial charge is 0.0802 e. The number of hydrogen-bond acceptors (Lipinski definition) is 0. The van der Waals surface area contributed by atoms with Crippen molar-refractivity contribution < 1.29 is 0 Å². The van der Waals surface area contributed by atoms with Gasteiger partial charge in [0.2, 0.25) is 0 Å². The van der Waals surface area contributed by atoms with Crippen molar-refractivity contribution in [3.63, 3.8) is 0 Å². The average Bonchev–Trinajstić information content (AvgIpc) is 1.49. The van der Waals surface area contributed by atoms with Crippen LogP contribution in [0.3, 0.4) is 0 Å². The molecule has 0 fully saturated rings. The lowest BCUT2D eigenvalue weighted by atomic mass is 9.85. The van der Waals surface area contributed by atoms with Crippen molar-refractivity contribution in [2.24, 2.45) is 10.8 Å². The maximum absolute atomic E-state index is 2.37. The van der Waals surface area contributed by atoms with Gasteiger partial charge < -0.3 is 0 Å². The molecule has 0 saturated heterocycles. The van der Waals surface area contributed by atoms with Gasteiger partial charge in [0.1, 0.15) is 0 Å². The summed E-state index contributed by atoms with van der Waals surface area (Å²) in [5, 5.41) is 0. The minimum atomic E-state index is 0.329. The zero-order valence-electron chi connectivity index (χ0n) is 9.78. The van der Waals surface area contributed by atoms with Gasteiger partial charge in [-0.1, -0.05) is 53.2 Å². The van der Waals surface area contributed by atoms with Crippen molar-refractivity contribution >= 4 is 0 Å². The molecule has 0 rings (SSSR count). The summed E-state index contributed by atoms with van der Waals surface area (Å²) >= 11 is 0. The summed E-state index contributed by atoms with van der Waals surface area (Å²) in [4.78, 5) is 0. The maximum Gasteiger partial charge on any atom is -0.0201 e. The van der Waals surface area contributed by atoms with Crippen LogP contribution in [-0.4, -0.2) is 0 Å². The smallest absolute Gasteiger partial charge is 0.0201 e. The van der Waals surface area contributed by atoms with E-state index in [0.29, 0.717) is 10.8 Å². The molecule has 0 nitrogen and oxygen atoms in total.